The Morgan fingerprint density at radius 3 is 2.78 bits per heavy atom. The van der Waals surface area contributed by atoms with Crippen molar-refractivity contribution in [3.05, 3.63) is 65.0 Å². The van der Waals surface area contributed by atoms with Gasteiger partial charge in [-0.15, -0.1) is 0 Å². The summed E-state index contributed by atoms with van der Waals surface area (Å²) >= 11 is 0. The fraction of sp³-hybridized carbons (Fsp3) is 0.333. The molecule has 1 fully saturated rings. The van der Waals surface area contributed by atoms with Crippen LogP contribution in [0.1, 0.15) is 23.1 Å². The minimum absolute atomic E-state index is 0.0686. The number of halogens is 1. The molecule has 1 atom stereocenters. The van der Waals surface area contributed by atoms with Gasteiger partial charge in [0, 0.05) is 18.8 Å². The molecule has 0 unspecified atom stereocenters. The van der Waals surface area contributed by atoms with Gasteiger partial charge >= 0.3 is 0 Å². The second-order valence-electron chi connectivity index (χ2n) is 7.44. The molecule has 2 aliphatic heterocycles. The zero-order valence-corrected chi connectivity index (χ0v) is 15.2. The Morgan fingerprint density at radius 1 is 1.22 bits per heavy atom. The van der Waals surface area contributed by atoms with E-state index >= 15 is 0 Å². The van der Waals surface area contributed by atoms with E-state index in [1.165, 1.54) is 11.0 Å². The van der Waals surface area contributed by atoms with Crippen LogP contribution in [0, 0.1) is 12.7 Å². The molecule has 6 heteroatoms. The lowest BCUT2D eigenvalue weighted by molar-refractivity contribution is -0.125. The molecule has 2 heterocycles. The molecule has 5 nitrogen and oxygen atoms in total. The number of fused-ring (bicyclic) bond motifs is 2. The topological polar surface area (TPSA) is 66.6 Å². The van der Waals surface area contributed by atoms with E-state index in [1.807, 2.05) is 30.3 Å². The molecule has 0 radical (unpaired) electrons. The highest BCUT2D eigenvalue weighted by molar-refractivity contribution is 6.11. The average molecular weight is 367 g/mol. The van der Waals surface area contributed by atoms with Gasteiger partial charge in [-0.1, -0.05) is 30.3 Å². The van der Waals surface area contributed by atoms with Crippen LogP contribution >= 0.6 is 0 Å². The number of hydrogen-bond donors (Lipinski definition) is 1. The highest BCUT2D eigenvalue weighted by atomic mass is 19.1. The third-order valence-electron chi connectivity index (χ3n) is 5.80. The molecule has 2 N–H and O–H groups in total. The van der Waals surface area contributed by atoms with Gasteiger partial charge in [0.15, 0.2) is 0 Å². The van der Waals surface area contributed by atoms with Gasteiger partial charge in [0.05, 0.1) is 5.41 Å². The molecule has 0 aliphatic carbocycles. The fourth-order valence-corrected chi connectivity index (χ4v) is 4.39. The molecule has 1 saturated heterocycles. The summed E-state index contributed by atoms with van der Waals surface area (Å²) in [4.78, 5) is 28.4. The third kappa shape index (κ3) is 2.80. The highest BCUT2D eigenvalue weighted by Gasteiger charge is 2.54. The van der Waals surface area contributed by atoms with Gasteiger partial charge in [0.2, 0.25) is 11.8 Å². The van der Waals surface area contributed by atoms with Crippen molar-refractivity contribution >= 4 is 17.5 Å². The number of rotatable bonds is 4. The summed E-state index contributed by atoms with van der Waals surface area (Å²) in [6.07, 6.45) is 0.673. The smallest absolute Gasteiger partial charge is 0.239 e. The molecule has 0 bridgehead atoms. The number of carbonyl (C=O) groups excluding carboxylic acids is 2. The minimum atomic E-state index is -0.659. The maximum Gasteiger partial charge on any atom is 0.239 e. The molecular formula is C21H22FN3O2. The lowest BCUT2D eigenvalue weighted by Gasteiger charge is -2.24. The van der Waals surface area contributed by atoms with Crippen molar-refractivity contribution in [2.75, 3.05) is 24.5 Å². The van der Waals surface area contributed by atoms with Crippen LogP contribution in [0.5, 0.6) is 0 Å². The number of likely N-dealkylation sites (tertiary alicyclic amines) is 1. The van der Waals surface area contributed by atoms with Gasteiger partial charge in [-0.2, -0.15) is 0 Å². The number of primary amides is 1. The SMILES string of the molecule is Cc1c(F)cccc1CN1CC[C@@]2(C1)C(=O)N(CC(N)=O)c1ccccc12. The first kappa shape index (κ1) is 17.7. The van der Waals surface area contributed by atoms with E-state index in [9.17, 15) is 14.0 Å². The van der Waals surface area contributed by atoms with Gasteiger partial charge in [-0.25, -0.2) is 4.39 Å². The monoisotopic (exact) mass is 367 g/mol. The molecular weight excluding hydrogens is 345 g/mol. The van der Waals surface area contributed by atoms with Gasteiger partial charge < -0.3 is 10.6 Å². The first-order valence-electron chi connectivity index (χ1n) is 9.08. The van der Waals surface area contributed by atoms with Gasteiger partial charge in [-0.05, 0) is 48.7 Å². The quantitative estimate of drug-likeness (QED) is 0.900. The molecule has 4 rings (SSSR count). The molecule has 27 heavy (non-hydrogen) atoms. The van der Waals surface area contributed by atoms with E-state index in [1.54, 1.807) is 13.0 Å². The molecule has 2 aromatic rings. The molecule has 1 spiro atoms. The van der Waals surface area contributed by atoms with Crippen molar-refractivity contribution in [1.82, 2.24) is 4.90 Å². The van der Waals surface area contributed by atoms with E-state index in [2.05, 4.69) is 4.90 Å². The number of anilines is 1. The third-order valence-corrected chi connectivity index (χ3v) is 5.80. The second kappa shape index (κ2) is 6.46. The normalized spacial score (nSPS) is 21.9. The number of nitrogens with two attached hydrogens (primary N) is 1. The predicted octanol–water partition coefficient (Wildman–Crippen LogP) is 2.11. The van der Waals surface area contributed by atoms with E-state index in [0.29, 0.717) is 25.1 Å². The van der Waals surface area contributed by atoms with Crippen molar-refractivity contribution in [3.8, 4) is 0 Å². The maximum atomic E-state index is 13.9. The van der Waals surface area contributed by atoms with Crippen molar-refractivity contribution in [2.45, 2.75) is 25.3 Å². The lowest BCUT2D eigenvalue weighted by Crippen LogP contribution is -2.45. The van der Waals surface area contributed by atoms with Crippen molar-refractivity contribution in [1.29, 1.82) is 0 Å². The van der Waals surface area contributed by atoms with Gasteiger partial charge in [-0.3, -0.25) is 14.5 Å². The van der Waals surface area contributed by atoms with Crippen molar-refractivity contribution in [2.24, 2.45) is 5.73 Å². The van der Waals surface area contributed by atoms with E-state index in [0.717, 1.165) is 23.4 Å². The number of benzene rings is 2. The van der Waals surface area contributed by atoms with Crippen molar-refractivity contribution < 1.29 is 14.0 Å². The Labute approximate surface area is 157 Å². The van der Waals surface area contributed by atoms with Gasteiger partial charge in [0.1, 0.15) is 12.4 Å². The van der Waals surface area contributed by atoms with Crippen LogP contribution in [-0.2, 0) is 21.5 Å². The highest BCUT2D eigenvalue weighted by Crippen LogP contribution is 2.47. The van der Waals surface area contributed by atoms with Crippen LogP contribution < -0.4 is 10.6 Å². The molecule has 2 aliphatic rings. The Morgan fingerprint density at radius 2 is 2.00 bits per heavy atom. The van der Waals surface area contributed by atoms with Crippen LogP contribution in [0.4, 0.5) is 10.1 Å². The molecule has 0 saturated carbocycles. The summed E-state index contributed by atoms with van der Waals surface area (Å²) < 4.78 is 13.9. The van der Waals surface area contributed by atoms with Crippen LogP contribution in [0.25, 0.3) is 0 Å². The summed E-state index contributed by atoms with van der Waals surface area (Å²) in [6, 6.07) is 12.7. The fourth-order valence-electron chi connectivity index (χ4n) is 4.39. The van der Waals surface area contributed by atoms with Crippen LogP contribution in [0.15, 0.2) is 42.5 Å². The summed E-state index contributed by atoms with van der Waals surface area (Å²) in [7, 11) is 0. The Bertz CT molecular complexity index is 929. The van der Waals surface area contributed by atoms with Crippen LogP contribution in [0.3, 0.4) is 0 Å². The zero-order valence-electron chi connectivity index (χ0n) is 15.2. The molecule has 2 amide bonds. The van der Waals surface area contributed by atoms with E-state index in [-0.39, 0.29) is 18.3 Å². The van der Waals surface area contributed by atoms with Crippen LogP contribution in [-0.4, -0.2) is 36.3 Å². The number of para-hydroxylation sites is 1. The first-order valence-corrected chi connectivity index (χ1v) is 9.08. The summed E-state index contributed by atoms with van der Waals surface area (Å²) in [6.45, 7) is 3.55. The first-order chi connectivity index (χ1) is 12.9. The number of carbonyl (C=O) groups is 2. The number of nitrogens with zero attached hydrogens (tertiary/aromatic N) is 2. The van der Waals surface area contributed by atoms with E-state index < -0.39 is 11.3 Å². The minimum Gasteiger partial charge on any atom is -0.368 e. The van der Waals surface area contributed by atoms with Crippen molar-refractivity contribution in [3.63, 3.8) is 0 Å². The molecule has 140 valence electrons. The molecule has 2 aromatic carbocycles. The zero-order chi connectivity index (χ0) is 19.2. The summed E-state index contributed by atoms with van der Waals surface area (Å²) in [5.74, 6) is -0.808. The second-order valence-corrected chi connectivity index (χ2v) is 7.44. The summed E-state index contributed by atoms with van der Waals surface area (Å²) in [5, 5.41) is 0. The largest absolute Gasteiger partial charge is 0.368 e. The summed E-state index contributed by atoms with van der Waals surface area (Å²) in [5.41, 5.74) is 8.00. The standard InChI is InChI=1S/C21H22FN3O2/c1-14-15(5-4-7-17(14)22)11-24-10-9-21(13-24)16-6-2-3-8-18(16)25(20(21)27)12-19(23)26/h2-8H,9-13H2,1H3,(H2,23,26)/t21-/m0/s1. The average Bonchev–Trinajstić information content (AvgIpc) is 3.16. The Balaban J connectivity index is 1.63. The van der Waals surface area contributed by atoms with Crippen LogP contribution in [0.2, 0.25) is 0 Å². The maximum absolute atomic E-state index is 13.9. The lowest BCUT2D eigenvalue weighted by atomic mass is 9.81. The predicted molar refractivity (Wildman–Crippen MR) is 101 cm³/mol. The Kier molecular flexibility index (Phi) is 4.23. The molecule has 0 aromatic heterocycles. The van der Waals surface area contributed by atoms with Gasteiger partial charge in [0.25, 0.3) is 0 Å². The van der Waals surface area contributed by atoms with E-state index in [4.69, 9.17) is 5.73 Å². The Hall–Kier alpha value is -2.73. The number of hydrogen-bond acceptors (Lipinski definition) is 3. The number of amides is 2.